The van der Waals surface area contributed by atoms with Gasteiger partial charge in [0.1, 0.15) is 18.0 Å². The fraction of sp³-hybridized carbons (Fsp3) is 0.353. The van der Waals surface area contributed by atoms with Crippen LogP contribution in [0.3, 0.4) is 0 Å². The summed E-state index contributed by atoms with van der Waals surface area (Å²) in [4.78, 5) is 25.1. The van der Waals surface area contributed by atoms with Gasteiger partial charge in [0.15, 0.2) is 0 Å². The Labute approximate surface area is 138 Å². The Bertz CT molecular complexity index is 783. The predicted octanol–water partition coefficient (Wildman–Crippen LogP) is 2.26. The maximum atomic E-state index is 13.9. The second kappa shape index (κ2) is 6.43. The highest BCUT2D eigenvalue weighted by molar-refractivity contribution is 5.96. The number of hydrogen-bond donors (Lipinski definition) is 1. The van der Waals surface area contributed by atoms with Crippen molar-refractivity contribution in [3.8, 4) is 5.69 Å². The lowest BCUT2D eigenvalue weighted by atomic mass is 10.2. The molecule has 7 heteroatoms. The Morgan fingerprint density at radius 2 is 2.08 bits per heavy atom. The molecule has 1 N–H and O–H groups in total. The zero-order valence-electron chi connectivity index (χ0n) is 13.3. The smallest absolute Gasteiger partial charge is 0.323 e. The summed E-state index contributed by atoms with van der Waals surface area (Å²) in [6.07, 6.45) is 3.39. The van der Waals surface area contributed by atoms with E-state index in [2.05, 4.69) is 5.10 Å². The van der Waals surface area contributed by atoms with Gasteiger partial charge in [-0.15, -0.1) is 0 Å². The Morgan fingerprint density at radius 3 is 2.71 bits per heavy atom. The first-order chi connectivity index (χ1) is 11.5. The molecule has 24 heavy (non-hydrogen) atoms. The average molecular weight is 331 g/mol. The molecule has 1 aromatic carbocycles. The quantitative estimate of drug-likeness (QED) is 0.881. The van der Waals surface area contributed by atoms with Crippen LogP contribution in [-0.2, 0) is 4.79 Å². The highest BCUT2D eigenvalue weighted by atomic mass is 19.1. The summed E-state index contributed by atoms with van der Waals surface area (Å²) in [5.41, 5.74) is 1.03. The minimum Gasteiger partial charge on any atom is -0.480 e. The van der Waals surface area contributed by atoms with Crippen molar-refractivity contribution in [2.45, 2.75) is 19.8 Å². The molecule has 0 radical (unpaired) electrons. The van der Waals surface area contributed by atoms with E-state index >= 15 is 0 Å². The number of rotatable bonds is 6. The van der Waals surface area contributed by atoms with Crippen molar-refractivity contribution in [1.29, 1.82) is 0 Å². The summed E-state index contributed by atoms with van der Waals surface area (Å²) in [5.74, 6) is -1.51. The summed E-state index contributed by atoms with van der Waals surface area (Å²) >= 11 is 0. The van der Waals surface area contributed by atoms with Crippen LogP contribution < -0.4 is 0 Å². The zero-order valence-corrected chi connectivity index (χ0v) is 13.3. The molecule has 0 unspecified atom stereocenters. The highest BCUT2D eigenvalue weighted by Gasteiger charge is 2.30. The van der Waals surface area contributed by atoms with Gasteiger partial charge in [-0.05, 0) is 37.8 Å². The van der Waals surface area contributed by atoms with Crippen molar-refractivity contribution in [2.75, 3.05) is 13.1 Å². The van der Waals surface area contributed by atoms with Crippen molar-refractivity contribution in [3.05, 3.63) is 47.5 Å². The Hall–Kier alpha value is -2.70. The van der Waals surface area contributed by atoms with E-state index in [1.165, 1.54) is 21.8 Å². The lowest BCUT2D eigenvalue weighted by Crippen LogP contribution is -2.37. The normalized spacial score (nSPS) is 13.8. The fourth-order valence-corrected chi connectivity index (χ4v) is 2.65. The number of nitrogens with zero attached hydrogens (tertiary/aromatic N) is 3. The van der Waals surface area contributed by atoms with Crippen LogP contribution in [0.5, 0.6) is 0 Å². The fourth-order valence-electron chi connectivity index (χ4n) is 2.65. The van der Waals surface area contributed by atoms with E-state index in [1.54, 1.807) is 25.1 Å². The molecule has 6 nitrogen and oxygen atoms in total. The van der Waals surface area contributed by atoms with Gasteiger partial charge < -0.3 is 10.0 Å². The molecule has 0 saturated heterocycles. The van der Waals surface area contributed by atoms with E-state index in [1.807, 2.05) is 0 Å². The van der Waals surface area contributed by atoms with Gasteiger partial charge in [-0.2, -0.15) is 5.10 Å². The molecule has 1 amide bonds. The SMILES string of the molecule is Cc1c(C(=O)N(CC(=O)O)CC2CC2)cnn1-c1ccccc1F. The standard InChI is InChI=1S/C17H18FN3O3/c1-11-13(8-19-21(11)15-5-3-2-4-14(15)18)17(24)20(10-16(22)23)9-12-6-7-12/h2-5,8,12H,6-7,9-10H2,1H3,(H,22,23). The predicted molar refractivity (Wildman–Crippen MR) is 84.5 cm³/mol. The Kier molecular flexibility index (Phi) is 4.33. The molecular formula is C17H18FN3O3. The molecule has 1 aliphatic carbocycles. The number of halogens is 1. The molecule has 1 fully saturated rings. The second-order valence-corrected chi connectivity index (χ2v) is 6.03. The highest BCUT2D eigenvalue weighted by Crippen LogP contribution is 2.30. The number of carboxylic acids is 1. The van der Waals surface area contributed by atoms with Crippen LogP contribution in [0, 0.1) is 18.7 Å². The molecule has 0 bridgehead atoms. The third-order valence-electron chi connectivity index (χ3n) is 4.11. The molecule has 1 aromatic heterocycles. The largest absolute Gasteiger partial charge is 0.480 e. The number of carboxylic acid groups (broad SMARTS) is 1. The average Bonchev–Trinajstić information content (AvgIpc) is 3.27. The Balaban J connectivity index is 1.89. The number of aromatic nitrogens is 2. The molecule has 1 aliphatic rings. The number of carbonyl (C=O) groups is 2. The molecule has 0 atom stereocenters. The van der Waals surface area contributed by atoms with Gasteiger partial charge in [-0.1, -0.05) is 12.1 Å². The maximum absolute atomic E-state index is 13.9. The number of benzene rings is 1. The van der Waals surface area contributed by atoms with Gasteiger partial charge >= 0.3 is 5.97 Å². The summed E-state index contributed by atoms with van der Waals surface area (Å²) in [5, 5.41) is 13.1. The summed E-state index contributed by atoms with van der Waals surface area (Å²) < 4.78 is 15.3. The van der Waals surface area contributed by atoms with Crippen molar-refractivity contribution in [3.63, 3.8) is 0 Å². The van der Waals surface area contributed by atoms with E-state index in [0.717, 1.165) is 12.8 Å². The number of para-hydroxylation sites is 1. The lowest BCUT2D eigenvalue weighted by molar-refractivity contribution is -0.137. The molecule has 1 heterocycles. The summed E-state index contributed by atoms with van der Waals surface area (Å²) in [6, 6.07) is 6.16. The Morgan fingerprint density at radius 1 is 1.38 bits per heavy atom. The van der Waals surface area contributed by atoms with E-state index in [0.29, 0.717) is 23.7 Å². The lowest BCUT2D eigenvalue weighted by Gasteiger charge is -2.20. The molecular weight excluding hydrogens is 313 g/mol. The van der Waals surface area contributed by atoms with Crippen LogP contribution in [0.2, 0.25) is 0 Å². The first-order valence-corrected chi connectivity index (χ1v) is 7.78. The first-order valence-electron chi connectivity index (χ1n) is 7.78. The van der Waals surface area contributed by atoms with Crippen LogP contribution in [0.4, 0.5) is 4.39 Å². The van der Waals surface area contributed by atoms with E-state index in [9.17, 15) is 14.0 Å². The second-order valence-electron chi connectivity index (χ2n) is 6.03. The number of aliphatic carboxylic acids is 1. The number of carbonyl (C=O) groups excluding carboxylic acids is 1. The topological polar surface area (TPSA) is 75.4 Å². The zero-order chi connectivity index (χ0) is 17.3. The maximum Gasteiger partial charge on any atom is 0.323 e. The van der Waals surface area contributed by atoms with Gasteiger partial charge in [-0.25, -0.2) is 9.07 Å². The third kappa shape index (κ3) is 3.29. The minimum atomic E-state index is -1.05. The summed E-state index contributed by atoms with van der Waals surface area (Å²) in [7, 11) is 0. The van der Waals surface area contributed by atoms with Crippen LogP contribution in [0.1, 0.15) is 28.9 Å². The number of amides is 1. The van der Waals surface area contributed by atoms with Gasteiger partial charge in [0.25, 0.3) is 5.91 Å². The summed E-state index contributed by atoms with van der Waals surface area (Å²) in [6.45, 7) is 1.75. The van der Waals surface area contributed by atoms with E-state index < -0.39 is 11.8 Å². The molecule has 0 aliphatic heterocycles. The van der Waals surface area contributed by atoms with Crippen LogP contribution in [0.15, 0.2) is 30.5 Å². The molecule has 126 valence electrons. The molecule has 3 rings (SSSR count). The van der Waals surface area contributed by atoms with Gasteiger partial charge in [0.05, 0.1) is 17.5 Å². The monoisotopic (exact) mass is 331 g/mol. The molecule has 1 saturated carbocycles. The number of hydrogen-bond acceptors (Lipinski definition) is 3. The minimum absolute atomic E-state index is 0.251. The molecule has 0 spiro atoms. The van der Waals surface area contributed by atoms with Crippen LogP contribution in [0.25, 0.3) is 5.69 Å². The van der Waals surface area contributed by atoms with Crippen LogP contribution in [-0.4, -0.2) is 44.8 Å². The van der Waals surface area contributed by atoms with Crippen molar-refractivity contribution in [1.82, 2.24) is 14.7 Å². The molecule has 2 aromatic rings. The van der Waals surface area contributed by atoms with Gasteiger partial charge in [0, 0.05) is 6.54 Å². The van der Waals surface area contributed by atoms with Crippen LogP contribution >= 0.6 is 0 Å². The van der Waals surface area contributed by atoms with Crippen molar-refractivity contribution < 1.29 is 19.1 Å². The van der Waals surface area contributed by atoms with Crippen molar-refractivity contribution in [2.24, 2.45) is 5.92 Å². The van der Waals surface area contributed by atoms with E-state index in [4.69, 9.17) is 5.11 Å². The van der Waals surface area contributed by atoms with Gasteiger partial charge in [0.2, 0.25) is 0 Å². The van der Waals surface area contributed by atoms with E-state index in [-0.39, 0.29) is 18.1 Å². The van der Waals surface area contributed by atoms with Crippen molar-refractivity contribution >= 4 is 11.9 Å². The third-order valence-corrected chi connectivity index (χ3v) is 4.11. The first kappa shape index (κ1) is 16.2. The van der Waals surface area contributed by atoms with Gasteiger partial charge in [-0.3, -0.25) is 9.59 Å².